The maximum absolute atomic E-state index is 12.5. The average molecular weight is 511 g/mol. The molecule has 3 nitrogen and oxygen atoms in total. The molecule has 0 saturated carbocycles. The number of rotatable bonds is 2. The van der Waals surface area contributed by atoms with Gasteiger partial charge in [0.15, 0.2) is 0 Å². The quantitative estimate of drug-likeness (QED) is 0.481. The van der Waals surface area contributed by atoms with Crippen LogP contribution in [0.3, 0.4) is 0 Å². The third-order valence-corrected chi connectivity index (χ3v) is 6.16. The van der Waals surface area contributed by atoms with E-state index < -0.39 is 0 Å². The van der Waals surface area contributed by atoms with Crippen molar-refractivity contribution in [1.29, 1.82) is 0 Å². The SMILES string of the molecule is Cc1c(Br)c(N)c(Br)c(C)c1NC(=O)c1cc(Br)ccc1Cl. The molecule has 0 unspecified atom stereocenters. The van der Waals surface area contributed by atoms with Crippen molar-refractivity contribution in [3.8, 4) is 0 Å². The van der Waals surface area contributed by atoms with E-state index in [4.69, 9.17) is 17.3 Å². The summed E-state index contributed by atoms with van der Waals surface area (Å²) in [5.74, 6) is -0.277. The highest BCUT2D eigenvalue weighted by atomic mass is 79.9. The minimum Gasteiger partial charge on any atom is -0.397 e. The molecule has 0 aliphatic carbocycles. The number of carbonyl (C=O) groups excluding carboxylic acids is 1. The Morgan fingerprint density at radius 3 is 2.23 bits per heavy atom. The predicted molar refractivity (Wildman–Crippen MR) is 103 cm³/mol. The maximum atomic E-state index is 12.5. The van der Waals surface area contributed by atoms with E-state index in [1.54, 1.807) is 18.2 Å². The number of nitrogens with two attached hydrogens (primary N) is 1. The van der Waals surface area contributed by atoms with Crippen LogP contribution in [-0.4, -0.2) is 5.91 Å². The lowest BCUT2D eigenvalue weighted by molar-refractivity contribution is 0.102. The van der Waals surface area contributed by atoms with Gasteiger partial charge in [-0.25, -0.2) is 0 Å². The molecule has 0 spiro atoms. The zero-order chi connectivity index (χ0) is 16.6. The molecule has 2 rings (SSSR count). The molecule has 0 aliphatic heterocycles. The van der Waals surface area contributed by atoms with Gasteiger partial charge in [-0.05, 0) is 75.0 Å². The number of halogens is 4. The van der Waals surface area contributed by atoms with E-state index in [0.717, 1.165) is 24.5 Å². The van der Waals surface area contributed by atoms with Crippen molar-refractivity contribution in [3.63, 3.8) is 0 Å². The lowest BCUT2D eigenvalue weighted by Gasteiger charge is -2.17. The van der Waals surface area contributed by atoms with Gasteiger partial charge in [-0.2, -0.15) is 0 Å². The molecule has 0 bridgehead atoms. The van der Waals surface area contributed by atoms with E-state index in [1.807, 2.05) is 13.8 Å². The van der Waals surface area contributed by atoms with Crippen molar-refractivity contribution in [2.45, 2.75) is 13.8 Å². The Hall–Kier alpha value is -0.560. The first-order valence-corrected chi connectivity index (χ1v) is 8.99. The van der Waals surface area contributed by atoms with Crippen LogP contribution in [0.1, 0.15) is 21.5 Å². The van der Waals surface area contributed by atoms with Crippen molar-refractivity contribution >= 4 is 76.7 Å². The fourth-order valence-electron chi connectivity index (χ4n) is 2.04. The number of nitrogen functional groups attached to an aromatic ring is 1. The normalized spacial score (nSPS) is 10.6. The molecule has 0 heterocycles. The number of amides is 1. The molecule has 116 valence electrons. The van der Waals surface area contributed by atoms with Crippen molar-refractivity contribution in [3.05, 3.63) is 53.3 Å². The highest BCUT2D eigenvalue weighted by Crippen LogP contribution is 2.40. The molecule has 1 amide bonds. The summed E-state index contributed by atoms with van der Waals surface area (Å²) in [7, 11) is 0. The summed E-state index contributed by atoms with van der Waals surface area (Å²) in [4.78, 5) is 12.5. The first-order valence-electron chi connectivity index (χ1n) is 6.24. The van der Waals surface area contributed by atoms with Crippen LogP contribution in [-0.2, 0) is 0 Å². The van der Waals surface area contributed by atoms with Crippen LogP contribution >= 0.6 is 59.4 Å². The minimum atomic E-state index is -0.277. The highest BCUT2D eigenvalue weighted by molar-refractivity contribution is 9.11. The van der Waals surface area contributed by atoms with Crippen LogP contribution in [0.2, 0.25) is 5.02 Å². The number of anilines is 2. The third kappa shape index (κ3) is 3.35. The zero-order valence-corrected chi connectivity index (χ0v) is 17.2. The van der Waals surface area contributed by atoms with Gasteiger partial charge in [0.05, 0.1) is 16.3 Å². The molecular formula is C15H12Br3ClN2O. The van der Waals surface area contributed by atoms with E-state index in [-0.39, 0.29) is 5.91 Å². The van der Waals surface area contributed by atoms with E-state index in [9.17, 15) is 4.79 Å². The van der Waals surface area contributed by atoms with Crippen molar-refractivity contribution in [2.24, 2.45) is 0 Å². The fourth-order valence-corrected chi connectivity index (χ4v) is 3.66. The predicted octanol–water partition coefficient (Wildman–Crippen LogP) is 6.08. The Bertz CT molecular complexity index is 749. The minimum absolute atomic E-state index is 0.277. The van der Waals surface area contributed by atoms with E-state index >= 15 is 0 Å². The topological polar surface area (TPSA) is 55.1 Å². The van der Waals surface area contributed by atoms with Gasteiger partial charge in [0.2, 0.25) is 0 Å². The first-order chi connectivity index (χ1) is 10.2. The van der Waals surface area contributed by atoms with Gasteiger partial charge in [-0.3, -0.25) is 4.79 Å². The van der Waals surface area contributed by atoms with Crippen LogP contribution in [0.4, 0.5) is 11.4 Å². The summed E-state index contributed by atoms with van der Waals surface area (Å²) in [5.41, 5.74) is 9.43. The number of carbonyl (C=O) groups is 1. The van der Waals surface area contributed by atoms with Crippen LogP contribution in [0, 0.1) is 13.8 Å². The molecule has 0 fully saturated rings. The van der Waals surface area contributed by atoms with Gasteiger partial charge in [-0.15, -0.1) is 0 Å². The van der Waals surface area contributed by atoms with Crippen LogP contribution in [0.15, 0.2) is 31.6 Å². The van der Waals surface area contributed by atoms with Crippen LogP contribution in [0.25, 0.3) is 0 Å². The van der Waals surface area contributed by atoms with Crippen LogP contribution in [0.5, 0.6) is 0 Å². The second-order valence-corrected chi connectivity index (χ2v) is 7.65. The largest absolute Gasteiger partial charge is 0.397 e. The smallest absolute Gasteiger partial charge is 0.257 e. The number of hydrogen-bond donors (Lipinski definition) is 2. The molecule has 0 atom stereocenters. The Kier molecular flexibility index (Phi) is 5.59. The molecule has 0 radical (unpaired) electrons. The van der Waals surface area contributed by atoms with Gasteiger partial charge >= 0.3 is 0 Å². The zero-order valence-electron chi connectivity index (χ0n) is 11.7. The van der Waals surface area contributed by atoms with Gasteiger partial charge in [-0.1, -0.05) is 27.5 Å². The second kappa shape index (κ2) is 6.91. The summed E-state index contributed by atoms with van der Waals surface area (Å²) in [6.07, 6.45) is 0. The third-order valence-electron chi connectivity index (χ3n) is 3.29. The molecule has 0 saturated heterocycles. The van der Waals surface area contributed by atoms with Gasteiger partial charge in [0, 0.05) is 19.1 Å². The highest BCUT2D eigenvalue weighted by Gasteiger charge is 2.18. The molecule has 2 aromatic carbocycles. The van der Waals surface area contributed by atoms with Crippen LogP contribution < -0.4 is 11.1 Å². The summed E-state index contributed by atoms with van der Waals surface area (Å²) >= 11 is 16.3. The molecule has 3 N–H and O–H groups in total. The number of nitrogens with one attached hydrogen (secondary N) is 1. The molecule has 2 aromatic rings. The summed E-state index contributed by atoms with van der Waals surface area (Å²) in [6, 6.07) is 5.14. The second-order valence-electron chi connectivity index (χ2n) is 4.74. The van der Waals surface area contributed by atoms with Crippen molar-refractivity contribution < 1.29 is 4.79 Å². The molecular weight excluding hydrogens is 499 g/mol. The Morgan fingerprint density at radius 1 is 1.14 bits per heavy atom. The fraction of sp³-hybridized carbons (Fsp3) is 0.133. The molecule has 0 aliphatic rings. The first kappa shape index (κ1) is 17.8. The van der Waals surface area contributed by atoms with Gasteiger partial charge < -0.3 is 11.1 Å². The monoisotopic (exact) mass is 508 g/mol. The summed E-state index contributed by atoms with van der Waals surface area (Å²) < 4.78 is 2.29. The maximum Gasteiger partial charge on any atom is 0.257 e. The van der Waals surface area contributed by atoms with Gasteiger partial charge in [0.1, 0.15) is 0 Å². The van der Waals surface area contributed by atoms with E-state index in [0.29, 0.717) is 22.0 Å². The van der Waals surface area contributed by atoms with Gasteiger partial charge in [0.25, 0.3) is 5.91 Å². The van der Waals surface area contributed by atoms with Crippen molar-refractivity contribution in [1.82, 2.24) is 0 Å². The number of hydrogen-bond acceptors (Lipinski definition) is 2. The molecule has 22 heavy (non-hydrogen) atoms. The van der Waals surface area contributed by atoms with E-state index in [2.05, 4.69) is 53.1 Å². The van der Waals surface area contributed by atoms with Crippen molar-refractivity contribution in [2.75, 3.05) is 11.1 Å². The lowest BCUT2D eigenvalue weighted by Crippen LogP contribution is -2.15. The molecule has 7 heteroatoms. The lowest BCUT2D eigenvalue weighted by atomic mass is 10.1. The number of benzene rings is 2. The van der Waals surface area contributed by atoms with E-state index in [1.165, 1.54) is 0 Å². The Balaban J connectivity index is 2.47. The Morgan fingerprint density at radius 2 is 1.68 bits per heavy atom. The summed E-state index contributed by atoms with van der Waals surface area (Å²) in [5, 5.41) is 3.31. The average Bonchev–Trinajstić information content (AvgIpc) is 2.49. The molecule has 0 aromatic heterocycles. The summed E-state index contributed by atoms with van der Waals surface area (Å²) in [6.45, 7) is 3.77. The standard InChI is InChI=1S/C15H12Br3ClN2O/c1-6-11(17)13(20)12(18)7(2)14(6)21-15(22)9-5-8(16)3-4-10(9)19/h3-5H,20H2,1-2H3,(H,21,22). The Labute approximate surface area is 159 Å².